The normalized spacial score (nSPS) is 9.00. The van der Waals surface area contributed by atoms with Crippen LogP contribution in [0, 0.1) is 0 Å². The molecule has 0 rings (SSSR count). The van der Waals surface area contributed by atoms with Gasteiger partial charge in [0.05, 0.1) is 6.61 Å². The highest BCUT2D eigenvalue weighted by atomic mass is 35.5. The maximum absolute atomic E-state index is 4.99. The van der Waals surface area contributed by atoms with Crippen molar-refractivity contribution in [2.45, 2.75) is 0 Å². The Labute approximate surface area is 41.5 Å². The third kappa shape index (κ3) is 4.17. The number of halogens is 1. The van der Waals surface area contributed by atoms with Crippen LogP contribution in [0.4, 0.5) is 0 Å². The van der Waals surface area contributed by atoms with E-state index in [0.29, 0.717) is 13.2 Å². The monoisotopic (exact) mass is 110 g/mol. The highest BCUT2D eigenvalue weighted by molar-refractivity contribution is 6.13. The van der Waals surface area contributed by atoms with Gasteiger partial charge in [0.15, 0.2) is 0 Å². The Kier molecular flexibility index (Phi) is 5.32. The predicted molar refractivity (Wildman–Crippen MR) is 24.0 cm³/mol. The maximum atomic E-state index is 4.99. The number of rotatable bonds is 3. The Hall–Kier alpha value is 0.170. The van der Waals surface area contributed by atoms with Gasteiger partial charge in [-0.3, -0.25) is 0 Å². The first kappa shape index (κ1) is 6.17. The van der Waals surface area contributed by atoms with E-state index in [0.717, 1.165) is 0 Å². The van der Waals surface area contributed by atoms with Crippen LogP contribution in [-0.4, -0.2) is 13.2 Å². The summed E-state index contributed by atoms with van der Waals surface area (Å²) in [6.45, 7) is 1.03. The second-order valence-electron chi connectivity index (χ2n) is 0.754. The Morgan fingerprint density at radius 2 is 2.50 bits per heavy atom. The summed E-state index contributed by atoms with van der Waals surface area (Å²) < 4.78 is 0. The van der Waals surface area contributed by atoms with E-state index in [1.807, 2.05) is 0 Å². The maximum Gasteiger partial charge on any atom is 0.0816 e. The van der Waals surface area contributed by atoms with Gasteiger partial charge in [0.1, 0.15) is 0 Å². The highest BCUT2D eigenvalue weighted by Crippen LogP contribution is 1.60. The van der Waals surface area contributed by atoms with Crippen LogP contribution < -0.4 is 10.7 Å². The van der Waals surface area contributed by atoms with Gasteiger partial charge in [0.25, 0.3) is 0 Å². The zero-order chi connectivity index (χ0) is 4.83. The molecule has 0 amide bonds. The zero-order valence-electron chi connectivity index (χ0n) is 3.28. The quantitative estimate of drug-likeness (QED) is 0.296. The van der Waals surface area contributed by atoms with Crippen molar-refractivity contribution < 1.29 is 4.84 Å². The number of nitrogens with two attached hydrogens (primary N) is 1. The Balaban J connectivity index is 2.34. The van der Waals surface area contributed by atoms with Crippen LogP contribution in [0.25, 0.3) is 0 Å². The summed E-state index contributed by atoms with van der Waals surface area (Å²) in [5.41, 5.74) is 0. The summed E-state index contributed by atoms with van der Waals surface area (Å²) in [6.07, 6.45) is 0. The summed E-state index contributed by atoms with van der Waals surface area (Å²) in [6, 6.07) is 0. The van der Waals surface area contributed by atoms with Gasteiger partial charge in [-0.05, 0) is 11.8 Å². The molecule has 6 heavy (non-hydrogen) atoms. The van der Waals surface area contributed by atoms with Crippen LogP contribution in [0.3, 0.4) is 0 Å². The lowest BCUT2D eigenvalue weighted by Gasteiger charge is -1.89. The molecule has 3 nitrogen and oxygen atoms in total. The summed E-state index contributed by atoms with van der Waals surface area (Å²) >= 11 is 4.99. The fourth-order valence-electron chi connectivity index (χ4n) is 0.0975. The molecule has 3 N–H and O–H groups in total. The van der Waals surface area contributed by atoms with Crippen molar-refractivity contribution in [3.63, 3.8) is 0 Å². The summed E-state index contributed by atoms with van der Waals surface area (Å²) in [5, 5.41) is 0. The minimum Gasteiger partial charge on any atom is -0.303 e. The average molecular weight is 111 g/mol. The molecule has 0 saturated carbocycles. The van der Waals surface area contributed by atoms with Crippen LogP contribution in [0.1, 0.15) is 0 Å². The van der Waals surface area contributed by atoms with E-state index in [2.05, 4.69) is 15.6 Å². The van der Waals surface area contributed by atoms with Crippen molar-refractivity contribution >= 4 is 11.8 Å². The first-order chi connectivity index (χ1) is 2.91. The Morgan fingerprint density at radius 3 is 2.67 bits per heavy atom. The van der Waals surface area contributed by atoms with Crippen molar-refractivity contribution in [1.82, 2.24) is 4.84 Å². The summed E-state index contributed by atoms with van der Waals surface area (Å²) in [5.74, 6) is 4.62. The van der Waals surface area contributed by atoms with E-state index < -0.39 is 0 Å². The van der Waals surface area contributed by atoms with Crippen molar-refractivity contribution in [3.05, 3.63) is 0 Å². The van der Waals surface area contributed by atoms with Crippen LogP contribution in [0.5, 0.6) is 0 Å². The molecule has 0 aliphatic carbocycles. The van der Waals surface area contributed by atoms with E-state index in [9.17, 15) is 0 Å². The third-order valence-corrected chi connectivity index (χ3v) is 0.503. The second-order valence-corrected chi connectivity index (χ2v) is 1.02. The Bertz CT molecular complexity index is 23.5. The Morgan fingerprint density at radius 1 is 1.83 bits per heavy atom. The lowest BCUT2D eigenvalue weighted by molar-refractivity contribution is 0.143. The minimum absolute atomic E-state index is 0.448. The molecule has 38 valence electrons. The van der Waals surface area contributed by atoms with Gasteiger partial charge >= 0.3 is 0 Å². The highest BCUT2D eigenvalue weighted by Gasteiger charge is 1.74. The van der Waals surface area contributed by atoms with Gasteiger partial charge in [-0.15, -0.1) is 0 Å². The van der Waals surface area contributed by atoms with Crippen LogP contribution in [0.15, 0.2) is 0 Å². The van der Waals surface area contributed by atoms with Crippen molar-refractivity contribution in [2.24, 2.45) is 5.90 Å². The fraction of sp³-hybridized carbons (Fsp3) is 1.00. The standard InChI is InChI=1S/C2H7ClN2O/c3-5-1-2-6-4/h5H,1-2,4H2. The molecule has 0 aliphatic heterocycles. The van der Waals surface area contributed by atoms with E-state index in [1.165, 1.54) is 0 Å². The van der Waals surface area contributed by atoms with Crippen molar-refractivity contribution in [2.75, 3.05) is 13.2 Å². The number of hydrogen-bond donors (Lipinski definition) is 2. The first-order valence-corrected chi connectivity index (χ1v) is 1.94. The van der Waals surface area contributed by atoms with Gasteiger partial charge in [-0.1, -0.05) is 0 Å². The van der Waals surface area contributed by atoms with E-state index >= 15 is 0 Å². The summed E-state index contributed by atoms with van der Waals surface area (Å²) in [4.78, 5) is 6.47. The molecule has 0 heterocycles. The largest absolute Gasteiger partial charge is 0.303 e. The van der Waals surface area contributed by atoms with Gasteiger partial charge in [0.2, 0.25) is 0 Å². The molecule has 0 aliphatic rings. The van der Waals surface area contributed by atoms with Gasteiger partial charge < -0.3 is 4.84 Å². The lowest BCUT2D eigenvalue weighted by Crippen LogP contribution is -2.12. The van der Waals surface area contributed by atoms with E-state index in [1.54, 1.807) is 0 Å². The molecule has 0 bridgehead atoms. The molecule has 0 aromatic carbocycles. The smallest absolute Gasteiger partial charge is 0.0816 e. The van der Waals surface area contributed by atoms with Crippen molar-refractivity contribution in [3.8, 4) is 0 Å². The van der Waals surface area contributed by atoms with E-state index in [-0.39, 0.29) is 0 Å². The van der Waals surface area contributed by atoms with Gasteiger partial charge in [0, 0.05) is 6.54 Å². The number of nitrogens with one attached hydrogen (secondary N) is 1. The van der Waals surface area contributed by atoms with Crippen LogP contribution in [-0.2, 0) is 4.84 Å². The van der Waals surface area contributed by atoms with Crippen molar-refractivity contribution in [1.29, 1.82) is 0 Å². The molecule has 0 radical (unpaired) electrons. The predicted octanol–water partition coefficient (Wildman–Crippen LogP) is -0.380. The van der Waals surface area contributed by atoms with E-state index in [4.69, 9.17) is 11.8 Å². The molecule has 0 aromatic heterocycles. The molecule has 4 heteroatoms. The molecule has 0 saturated heterocycles. The molecule has 0 atom stereocenters. The number of hydrogen-bond acceptors (Lipinski definition) is 3. The molecule has 0 unspecified atom stereocenters. The molecular formula is C2H7ClN2O. The lowest BCUT2D eigenvalue weighted by atomic mass is 10.8. The molecule has 0 fully saturated rings. The molecular weight excluding hydrogens is 103 g/mol. The van der Waals surface area contributed by atoms with Crippen LogP contribution >= 0.6 is 11.8 Å². The minimum atomic E-state index is 0.448. The fourth-order valence-corrected chi connectivity index (χ4v) is 0.175. The SMILES string of the molecule is NOCCNCl. The van der Waals surface area contributed by atoms with Gasteiger partial charge in [-0.2, -0.15) is 0 Å². The summed E-state index contributed by atoms with van der Waals surface area (Å²) in [7, 11) is 0. The third-order valence-electron chi connectivity index (χ3n) is 0.314. The zero-order valence-corrected chi connectivity index (χ0v) is 4.03. The molecule has 0 aromatic rings. The van der Waals surface area contributed by atoms with Gasteiger partial charge in [-0.25, -0.2) is 10.7 Å². The van der Waals surface area contributed by atoms with Crippen LogP contribution in [0.2, 0.25) is 0 Å². The molecule has 0 spiro atoms. The first-order valence-electron chi connectivity index (χ1n) is 1.57. The average Bonchev–Trinajstić information content (AvgIpc) is 1.61. The topological polar surface area (TPSA) is 47.3 Å². The second kappa shape index (κ2) is 5.17.